The topological polar surface area (TPSA) is 42.2 Å². The van der Waals surface area contributed by atoms with Crippen molar-refractivity contribution in [1.29, 1.82) is 0 Å². The summed E-state index contributed by atoms with van der Waals surface area (Å²) in [5, 5.41) is 10.5. The van der Waals surface area contributed by atoms with Crippen LogP contribution in [-0.4, -0.2) is 15.6 Å². The molecular formula is C18H16FNO2. The van der Waals surface area contributed by atoms with Crippen LogP contribution in [0.15, 0.2) is 42.5 Å². The second-order valence-corrected chi connectivity index (χ2v) is 5.47. The smallest absolute Gasteiger partial charge is 0.352 e. The average molecular weight is 297 g/mol. The third-order valence-electron chi connectivity index (χ3n) is 3.97. The SMILES string of the molecule is Cc1c(C(=O)O)n(Cc2cccc(F)c2)c2c(C)cccc12. The van der Waals surface area contributed by atoms with Gasteiger partial charge < -0.3 is 9.67 Å². The lowest BCUT2D eigenvalue weighted by Gasteiger charge is -2.10. The van der Waals surface area contributed by atoms with Gasteiger partial charge in [-0.3, -0.25) is 0 Å². The van der Waals surface area contributed by atoms with E-state index in [4.69, 9.17) is 0 Å². The molecule has 3 rings (SSSR count). The van der Waals surface area contributed by atoms with Crippen molar-refractivity contribution < 1.29 is 14.3 Å². The molecule has 0 atom stereocenters. The number of rotatable bonds is 3. The Morgan fingerprint density at radius 3 is 2.59 bits per heavy atom. The normalized spacial score (nSPS) is 11.0. The molecule has 0 saturated heterocycles. The fourth-order valence-electron chi connectivity index (χ4n) is 3.01. The van der Waals surface area contributed by atoms with E-state index in [9.17, 15) is 14.3 Å². The minimum atomic E-state index is -0.968. The van der Waals surface area contributed by atoms with Crippen molar-refractivity contribution in [2.24, 2.45) is 0 Å². The van der Waals surface area contributed by atoms with Gasteiger partial charge in [0, 0.05) is 11.9 Å². The molecule has 0 aliphatic heterocycles. The second kappa shape index (κ2) is 5.30. The van der Waals surface area contributed by atoms with E-state index in [-0.39, 0.29) is 11.5 Å². The Hall–Kier alpha value is -2.62. The summed E-state index contributed by atoms with van der Waals surface area (Å²) in [6.45, 7) is 4.09. The number of nitrogens with zero attached hydrogens (tertiary/aromatic N) is 1. The Bertz CT molecular complexity index is 880. The standard InChI is InChI=1S/C18H16FNO2/c1-11-5-3-8-15-12(2)17(18(21)22)20(16(11)15)10-13-6-4-7-14(19)9-13/h3-9H,10H2,1-2H3,(H,21,22). The van der Waals surface area contributed by atoms with Crippen LogP contribution >= 0.6 is 0 Å². The highest BCUT2D eigenvalue weighted by Crippen LogP contribution is 2.29. The van der Waals surface area contributed by atoms with Crippen LogP contribution in [0.1, 0.15) is 27.2 Å². The number of hydrogen-bond acceptors (Lipinski definition) is 1. The van der Waals surface area contributed by atoms with Crippen molar-refractivity contribution in [3.63, 3.8) is 0 Å². The second-order valence-electron chi connectivity index (χ2n) is 5.47. The maximum absolute atomic E-state index is 13.4. The highest BCUT2D eigenvalue weighted by molar-refractivity contribution is 5.99. The van der Waals surface area contributed by atoms with E-state index >= 15 is 0 Å². The van der Waals surface area contributed by atoms with Crippen molar-refractivity contribution in [3.8, 4) is 0 Å². The Kier molecular flexibility index (Phi) is 3.45. The van der Waals surface area contributed by atoms with E-state index in [1.807, 2.05) is 32.0 Å². The fourth-order valence-corrected chi connectivity index (χ4v) is 3.01. The zero-order valence-electron chi connectivity index (χ0n) is 12.4. The molecule has 112 valence electrons. The number of hydrogen-bond donors (Lipinski definition) is 1. The monoisotopic (exact) mass is 297 g/mol. The number of fused-ring (bicyclic) bond motifs is 1. The van der Waals surface area contributed by atoms with Gasteiger partial charge in [-0.25, -0.2) is 9.18 Å². The van der Waals surface area contributed by atoms with Crippen LogP contribution in [-0.2, 0) is 6.54 Å². The fraction of sp³-hybridized carbons (Fsp3) is 0.167. The van der Waals surface area contributed by atoms with Crippen LogP contribution in [0.3, 0.4) is 0 Å². The molecule has 1 N–H and O–H groups in total. The zero-order chi connectivity index (χ0) is 15.9. The Morgan fingerprint density at radius 2 is 1.91 bits per heavy atom. The third-order valence-corrected chi connectivity index (χ3v) is 3.97. The summed E-state index contributed by atoms with van der Waals surface area (Å²) in [4.78, 5) is 11.7. The largest absolute Gasteiger partial charge is 0.477 e. The summed E-state index contributed by atoms with van der Waals surface area (Å²) in [5.74, 6) is -1.29. The minimum Gasteiger partial charge on any atom is -0.477 e. The molecule has 0 bridgehead atoms. The van der Waals surface area contributed by atoms with E-state index in [2.05, 4.69) is 0 Å². The van der Waals surface area contributed by atoms with Gasteiger partial charge in [0.2, 0.25) is 0 Å². The van der Waals surface area contributed by atoms with Crippen LogP contribution in [0.25, 0.3) is 10.9 Å². The van der Waals surface area contributed by atoms with Crippen LogP contribution in [0, 0.1) is 19.7 Å². The van der Waals surface area contributed by atoms with E-state index in [1.165, 1.54) is 12.1 Å². The summed E-state index contributed by atoms with van der Waals surface area (Å²) in [5.41, 5.74) is 3.63. The molecule has 3 aromatic rings. The van der Waals surface area contributed by atoms with Crippen molar-refractivity contribution in [2.45, 2.75) is 20.4 Å². The average Bonchev–Trinajstić information content (AvgIpc) is 2.73. The maximum atomic E-state index is 13.4. The van der Waals surface area contributed by atoms with Gasteiger partial charge >= 0.3 is 5.97 Å². The highest BCUT2D eigenvalue weighted by atomic mass is 19.1. The number of aryl methyl sites for hydroxylation is 2. The van der Waals surface area contributed by atoms with Crippen LogP contribution in [0.4, 0.5) is 4.39 Å². The Labute approximate surface area is 127 Å². The first-order chi connectivity index (χ1) is 10.5. The van der Waals surface area contributed by atoms with Crippen LogP contribution < -0.4 is 0 Å². The van der Waals surface area contributed by atoms with Gasteiger partial charge in [-0.05, 0) is 42.7 Å². The first kappa shape index (κ1) is 14.3. The number of benzene rings is 2. The molecule has 22 heavy (non-hydrogen) atoms. The number of aromatic carboxylic acids is 1. The molecular weight excluding hydrogens is 281 g/mol. The summed E-state index contributed by atoms with van der Waals surface area (Å²) in [7, 11) is 0. The lowest BCUT2D eigenvalue weighted by molar-refractivity contribution is 0.0685. The summed E-state index contributed by atoms with van der Waals surface area (Å²) < 4.78 is 15.2. The lowest BCUT2D eigenvalue weighted by Crippen LogP contribution is -2.11. The minimum absolute atomic E-state index is 0.258. The van der Waals surface area contributed by atoms with Crippen LogP contribution in [0.2, 0.25) is 0 Å². The molecule has 1 heterocycles. The molecule has 0 aliphatic carbocycles. The number of carbonyl (C=O) groups is 1. The summed E-state index contributed by atoms with van der Waals surface area (Å²) in [6.07, 6.45) is 0. The van der Waals surface area contributed by atoms with Crippen molar-refractivity contribution in [1.82, 2.24) is 4.57 Å². The number of halogens is 1. The van der Waals surface area contributed by atoms with Gasteiger partial charge in [-0.2, -0.15) is 0 Å². The molecule has 0 unspecified atom stereocenters. The van der Waals surface area contributed by atoms with Gasteiger partial charge in [0.1, 0.15) is 11.5 Å². The molecule has 0 aliphatic rings. The molecule has 0 spiro atoms. The number of carboxylic acid groups (broad SMARTS) is 1. The highest BCUT2D eigenvalue weighted by Gasteiger charge is 2.20. The van der Waals surface area contributed by atoms with E-state index in [0.717, 1.165) is 27.6 Å². The molecule has 0 radical (unpaired) electrons. The molecule has 2 aromatic carbocycles. The number of para-hydroxylation sites is 1. The maximum Gasteiger partial charge on any atom is 0.352 e. The predicted octanol–water partition coefficient (Wildman–Crippen LogP) is 4.14. The van der Waals surface area contributed by atoms with E-state index < -0.39 is 5.97 Å². The van der Waals surface area contributed by atoms with Crippen molar-refractivity contribution in [2.75, 3.05) is 0 Å². The van der Waals surface area contributed by atoms with E-state index in [1.54, 1.807) is 16.7 Å². The third kappa shape index (κ3) is 2.26. The van der Waals surface area contributed by atoms with E-state index in [0.29, 0.717) is 6.54 Å². The molecule has 0 fully saturated rings. The first-order valence-corrected chi connectivity index (χ1v) is 7.05. The molecule has 4 heteroatoms. The molecule has 1 aromatic heterocycles. The summed E-state index contributed by atoms with van der Waals surface area (Å²) in [6, 6.07) is 12.0. The molecule has 0 saturated carbocycles. The molecule has 0 amide bonds. The van der Waals surface area contributed by atoms with Gasteiger partial charge in [-0.1, -0.05) is 30.3 Å². The zero-order valence-corrected chi connectivity index (χ0v) is 12.4. The van der Waals surface area contributed by atoms with Crippen molar-refractivity contribution in [3.05, 3.63) is 70.7 Å². The quantitative estimate of drug-likeness (QED) is 0.789. The predicted molar refractivity (Wildman–Crippen MR) is 83.9 cm³/mol. The lowest BCUT2D eigenvalue weighted by atomic mass is 10.1. The number of carboxylic acids is 1. The van der Waals surface area contributed by atoms with Crippen molar-refractivity contribution >= 4 is 16.9 Å². The summed E-state index contributed by atoms with van der Waals surface area (Å²) >= 11 is 0. The van der Waals surface area contributed by atoms with Gasteiger partial charge in [0.25, 0.3) is 0 Å². The number of aromatic nitrogens is 1. The van der Waals surface area contributed by atoms with Gasteiger partial charge in [0.05, 0.1) is 5.52 Å². The Morgan fingerprint density at radius 1 is 1.18 bits per heavy atom. The first-order valence-electron chi connectivity index (χ1n) is 7.05. The Balaban J connectivity index is 2.27. The van der Waals surface area contributed by atoms with Gasteiger partial charge in [-0.15, -0.1) is 0 Å². The van der Waals surface area contributed by atoms with Crippen LogP contribution in [0.5, 0.6) is 0 Å². The molecule has 3 nitrogen and oxygen atoms in total. The van der Waals surface area contributed by atoms with Gasteiger partial charge in [0.15, 0.2) is 0 Å².